The molecule has 2 rings (SSSR count). The molecule has 1 heterocycles. The van der Waals surface area contributed by atoms with Gasteiger partial charge in [-0.05, 0) is 25.0 Å². The lowest BCUT2D eigenvalue weighted by Gasteiger charge is -2.24. The molecule has 98 valence electrons. The Balaban J connectivity index is 2.20. The number of ether oxygens (including phenoxy) is 2. The van der Waals surface area contributed by atoms with E-state index < -0.39 is 0 Å². The van der Waals surface area contributed by atoms with E-state index in [1.165, 1.54) is 0 Å². The molecule has 0 aromatic heterocycles. The van der Waals surface area contributed by atoms with Gasteiger partial charge >= 0.3 is 0 Å². The van der Waals surface area contributed by atoms with Crippen LogP contribution in [0.15, 0.2) is 24.3 Å². The molecule has 0 radical (unpaired) electrons. The fourth-order valence-electron chi connectivity index (χ4n) is 2.44. The molecule has 0 unspecified atom stereocenters. The molecular weight excluding hydrogens is 230 g/mol. The SMILES string of the molecule is COC[C@H]1CCCN1C(=O)c1ccccc1OC. The third kappa shape index (κ3) is 2.48. The minimum atomic E-state index is 0.0343. The molecule has 1 saturated heterocycles. The van der Waals surface area contributed by atoms with Crippen molar-refractivity contribution < 1.29 is 14.3 Å². The molecule has 1 atom stereocenters. The Bertz CT molecular complexity index is 419. The Hall–Kier alpha value is -1.55. The van der Waals surface area contributed by atoms with Crippen molar-refractivity contribution in [1.29, 1.82) is 0 Å². The lowest BCUT2D eigenvalue weighted by atomic mass is 10.1. The van der Waals surface area contributed by atoms with Gasteiger partial charge in [-0.25, -0.2) is 0 Å². The summed E-state index contributed by atoms with van der Waals surface area (Å²) in [6.07, 6.45) is 2.05. The summed E-state index contributed by atoms with van der Waals surface area (Å²) in [5, 5.41) is 0. The van der Waals surface area contributed by atoms with Crippen LogP contribution in [0.25, 0.3) is 0 Å². The first-order valence-electron chi connectivity index (χ1n) is 6.21. The number of methoxy groups -OCH3 is 2. The molecule has 1 fully saturated rings. The molecule has 1 aliphatic heterocycles. The van der Waals surface area contributed by atoms with E-state index in [1.54, 1.807) is 14.2 Å². The molecule has 0 N–H and O–H groups in total. The lowest BCUT2D eigenvalue weighted by Crippen LogP contribution is -2.38. The first-order chi connectivity index (χ1) is 8.77. The zero-order valence-corrected chi connectivity index (χ0v) is 10.9. The molecule has 1 amide bonds. The Morgan fingerprint density at radius 3 is 2.89 bits per heavy atom. The molecule has 0 spiro atoms. The number of hydrogen-bond donors (Lipinski definition) is 0. The summed E-state index contributed by atoms with van der Waals surface area (Å²) in [4.78, 5) is 14.4. The number of nitrogens with zero attached hydrogens (tertiary/aromatic N) is 1. The van der Waals surface area contributed by atoms with Crippen LogP contribution in [-0.4, -0.2) is 44.2 Å². The normalized spacial score (nSPS) is 19.0. The number of para-hydroxylation sites is 1. The van der Waals surface area contributed by atoms with Crippen molar-refractivity contribution in [2.24, 2.45) is 0 Å². The smallest absolute Gasteiger partial charge is 0.257 e. The monoisotopic (exact) mass is 249 g/mol. The maximum atomic E-state index is 12.5. The number of carbonyl (C=O) groups excluding carboxylic acids is 1. The topological polar surface area (TPSA) is 38.8 Å². The van der Waals surface area contributed by atoms with Gasteiger partial charge in [0, 0.05) is 13.7 Å². The van der Waals surface area contributed by atoms with Crippen LogP contribution in [-0.2, 0) is 4.74 Å². The van der Waals surface area contributed by atoms with E-state index in [1.807, 2.05) is 29.2 Å². The summed E-state index contributed by atoms with van der Waals surface area (Å²) in [7, 11) is 3.26. The number of amides is 1. The minimum absolute atomic E-state index is 0.0343. The number of likely N-dealkylation sites (tertiary alicyclic amines) is 1. The van der Waals surface area contributed by atoms with Gasteiger partial charge in [0.25, 0.3) is 5.91 Å². The van der Waals surface area contributed by atoms with E-state index in [0.29, 0.717) is 17.9 Å². The van der Waals surface area contributed by atoms with Crippen LogP contribution < -0.4 is 4.74 Å². The molecule has 1 aromatic carbocycles. The van der Waals surface area contributed by atoms with Gasteiger partial charge in [-0.2, -0.15) is 0 Å². The van der Waals surface area contributed by atoms with Gasteiger partial charge in [-0.15, -0.1) is 0 Å². The quantitative estimate of drug-likeness (QED) is 0.818. The number of hydrogen-bond acceptors (Lipinski definition) is 3. The van der Waals surface area contributed by atoms with Gasteiger partial charge in [0.1, 0.15) is 5.75 Å². The second-order valence-corrected chi connectivity index (χ2v) is 4.45. The highest BCUT2D eigenvalue weighted by atomic mass is 16.5. The number of carbonyl (C=O) groups is 1. The van der Waals surface area contributed by atoms with Gasteiger partial charge in [0.2, 0.25) is 0 Å². The van der Waals surface area contributed by atoms with Gasteiger partial charge in [0.05, 0.1) is 25.3 Å². The van der Waals surface area contributed by atoms with Crippen molar-refractivity contribution in [2.45, 2.75) is 18.9 Å². The van der Waals surface area contributed by atoms with E-state index in [-0.39, 0.29) is 11.9 Å². The third-order valence-electron chi connectivity index (χ3n) is 3.33. The summed E-state index contributed by atoms with van der Waals surface area (Å²) in [6, 6.07) is 7.54. The van der Waals surface area contributed by atoms with Crippen LogP contribution in [0, 0.1) is 0 Å². The summed E-state index contributed by atoms with van der Waals surface area (Å²) in [5.41, 5.74) is 0.628. The second-order valence-electron chi connectivity index (χ2n) is 4.45. The van der Waals surface area contributed by atoms with Crippen LogP contribution in [0.3, 0.4) is 0 Å². The van der Waals surface area contributed by atoms with E-state index >= 15 is 0 Å². The Morgan fingerprint density at radius 2 is 2.17 bits per heavy atom. The van der Waals surface area contributed by atoms with Gasteiger partial charge in [-0.1, -0.05) is 12.1 Å². The second kappa shape index (κ2) is 5.87. The maximum Gasteiger partial charge on any atom is 0.257 e. The molecule has 4 heteroatoms. The predicted octanol–water partition coefficient (Wildman–Crippen LogP) is 1.95. The molecule has 0 saturated carbocycles. The van der Waals surface area contributed by atoms with Crippen molar-refractivity contribution in [3.63, 3.8) is 0 Å². The van der Waals surface area contributed by atoms with E-state index in [9.17, 15) is 4.79 Å². The van der Waals surface area contributed by atoms with Crippen molar-refractivity contribution >= 4 is 5.91 Å². The van der Waals surface area contributed by atoms with Crippen molar-refractivity contribution in [2.75, 3.05) is 27.4 Å². The van der Waals surface area contributed by atoms with Crippen molar-refractivity contribution in [3.8, 4) is 5.75 Å². The molecule has 0 bridgehead atoms. The Labute approximate surface area is 107 Å². The molecule has 4 nitrogen and oxygen atoms in total. The van der Waals surface area contributed by atoms with Gasteiger partial charge < -0.3 is 14.4 Å². The van der Waals surface area contributed by atoms with Crippen LogP contribution in [0.4, 0.5) is 0 Å². The summed E-state index contributed by atoms with van der Waals surface area (Å²) < 4.78 is 10.4. The summed E-state index contributed by atoms with van der Waals surface area (Å²) in [6.45, 7) is 1.39. The van der Waals surface area contributed by atoms with E-state index in [4.69, 9.17) is 9.47 Å². The van der Waals surface area contributed by atoms with Gasteiger partial charge in [-0.3, -0.25) is 4.79 Å². The Kier molecular flexibility index (Phi) is 4.20. The Morgan fingerprint density at radius 1 is 1.39 bits per heavy atom. The largest absolute Gasteiger partial charge is 0.496 e. The minimum Gasteiger partial charge on any atom is -0.496 e. The van der Waals surface area contributed by atoms with Crippen LogP contribution >= 0.6 is 0 Å². The van der Waals surface area contributed by atoms with E-state index in [2.05, 4.69) is 0 Å². The van der Waals surface area contributed by atoms with E-state index in [0.717, 1.165) is 19.4 Å². The number of benzene rings is 1. The van der Waals surface area contributed by atoms with Gasteiger partial charge in [0.15, 0.2) is 0 Å². The number of rotatable bonds is 4. The van der Waals surface area contributed by atoms with Crippen LogP contribution in [0.2, 0.25) is 0 Å². The molecule has 0 aliphatic carbocycles. The standard InChI is InChI=1S/C14H19NO3/c1-17-10-11-6-5-9-15(11)14(16)12-7-3-4-8-13(12)18-2/h3-4,7-8,11H,5-6,9-10H2,1-2H3/t11-/m1/s1. The molecule has 1 aromatic rings. The molecular formula is C14H19NO3. The maximum absolute atomic E-state index is 12.5. The zero-order valence-electron chi connectivity index (χ0n) is 10.9. The average Bonchev–Trinajstić information content (AvgIpc) is 2.86. The van der Waals surface area contributed by atoms with Crippen molar-refractivity contribution in [3.05, 3.63) is 29.8 Å². The fourth-order valence-corrected chi connectivity index (χ4v) is 2.44. The average molecular weight is 249 g/mol. The highest BCUT2D eigenvalue weighted by Gasteiger charge is 2.30. The van der Waals surface area contributed by atoms with Crippen LogP contribution in [0.1, 0.15) is 23.2 Å². The first kappa shape index (κ1) is 12.9. The summed E-state index contributed by atoms with van der Waals surface area (Å²) in [5.74, 6) is 0.664. The van der Waals surface area contributed by atoms with Crippen molar-refractivity contribution in [1.82, 2.24) is 4.90 Å². The van der Waals surface area contributed by atoms with Crippen LogP contribution in [0.5, 0.6) is 5.75 Å². The highest BCUT2D eigenvalue weighted by Crippen LogP contribution is 2.24. The molecule has 1 aliphatic rings. The molecule has 18 heavy (non-hydrogen) atoms. The highest BCUT2D eigenvalue weighted by molar-refractivity contribution is 5.97. The predicted molar refractivity (Wildman–Crippen MR) is 68.9 cm³/mol. The zero-order chi connectivity index (χ0) is 13.0. The fraction of sp³-hybridized carbons (Fsp3) is 0.500. The lowest BCUT2D eigenvalue weighted by molar-refractivity contribution is 0.0627. The third-order valence-corrected chi connectivity index (χ3v) is 3.33. The summed E-state index contributed by atoms with van der Waals surface area (Å²) >= 11 is 0. The first-order valence-corrected chi connectivity index (χ1v) is 6.21.